The Bertz CT molecular complexity index is 2290. The molecule has 0 amide bonds. The summed E-state index contributed by atoms with van der Waals surface area (Å²) >= 11 is 0. The fraction of sp³-hybridized carbons (Fsp3) is 0.360. The summed E-state index contributed by atoms with van der Waals surface area (Å²) in [5.74, 6) is 8.66. The average molecular weight is 843 g/mol. The van der Waals surface area contributed by atoms with E-state index in [-0.39, 0.29) is 19.1 Å². The molecule has 12 heteroatoms. The van der Waals surface area contributed by atoms with E-state index in [4.69, 9.17) is 36.1 Å². The third-order valence-corrected chi connectivity index (χ3v) is 11.8. The molecular formula is C50H62N6O6. The Hall–Kier alpha value is -6.08. The van der Waals surface area contributed by atoms with Gasteiger partial charge in [-0.25, -0.2) is 11.4 Å². The van der Waals surface area contributed by atoms with Gasteiger partial charge in [-0.15, -0.1) is 0 Å². The number of hydrazine groups is 1. The third-order valence-electron chi connectivity index (χ3n) is 11.8. The van der Waals surface area contributed by atoms with E-state index in [0.717, 1.165) is 39.0 Å². The molecule has 328 valence electrons. The zero-order valence-corrected chi connectivity index (χ0v) is 36.7. The maximum atomic E-state index is 11.0. The molecule has 62 heavy (non-hydrogen) atoms. The average Bonchev–Trinajstić information content (AvgIpc) is 3.24. The quantitative estimate of drug-likeness (QED) is 0.0187. The Morgan fingerprint density at radius 1 is 0.919 bits per heavy atom. The molecule has 1 aliphatic heterocycles. The van der Waals surface area contributed by atoms with E-state index in [1.54, 1.807) is 19.5 Å². The predicted molar refractivity (Wildman–Crippen MR) is 244 cm³/mol. The zero-order valence-electron chi connectivity index (χ0n) is 36.7. The number of fused-ring (bicyclic) bond motifs is 2. The van der Waals surface area contributed by atoms with Crippen molar-refractivity contribution >= 4 is 12.2 Å². The van der Waals surface area contributed by atoms with Crippen LogP contribution < -0.4 is 35.8 Å². The summed E-state index contributed by atoms with van der Waals surface area (Å²) in [6.45, 7) is 11.2. The van der Waals surface area contributed by atoms with Crippen LogP contribution in [0.15, 0.2) is 125 Å². The van der Waals surface area contributed by atoms with Gasteiger partial charge in [0.25, 0.3) is 0 Å². The summed E-state index contributed by atoms with van der Waals surface area (Å²) in [6, 6.07) is 27.8. The summed E-state index contributed by atoms with van der Waals surface area (Å²) < 4.78 is 25.6. The molecule has 1 aliphatic carbocycles. The number of hydrogen-bond donors (Lipinski definition) is 6. The van der Waals surface area contributed by atoms with Crippen LogP contribution in [0.3, 0.4) is 0 Å². The third kappa shape index (κ3) is 11.2. The molecule has 0 saturated heterocycles. The molecule has 1 saturated carbocycles. The first-order valence-corrected chi connectivity index (χ1v) is 21.0. The Morgan fingerprint density at radius 2 is 1.53 bits per heavy atom. The number of methoxy groups -OCH3 is 1. The van der Waals surface area contributed by atoms with Crippen LogP contribution in [0, 0.1) is 16.9 Å². The molecule has 0 unspecified atom stereocenters. The van der Waals surface area contributed by atoms with Gasteiger partial charge in [-0.2, -0.15) is 5.11 Å². The molecule has 1 fully saturated rings. The normalized spacial score (nSPS) is 20.6. The van der Waals surface area contributed by atoms with Crippen molar-refractivity contribution in [3.8, 4) is 23.0 Å². The van der Waals surface area contributed by atoms with E-state index in [1.807, 2.05) is 126 Å². The van der Waals surface area contributed by atoms with Gasteiger partial charge in [-0.3, -0.25) is 0 Å². The minimum absolute atomic E-state index is 0.0353. The molecule has 8 N–H and O–H groups in total. The van der Waals surface area contributed by atoms with Crippen LogP contribution in [0.2, 0.25) is 0 Å². The van der Waals surface area contributed by atoms with Crippen LogP contribution in [0.4, 0.5) is 0 Å². The summed E-state index contributed by atoms with van der Waals surface area (Å²) in [4.78, 5) is 0. The standard InChI is InChI=1S/C50H62N6O6/c1-33(2)17-20-41-43(60-31-39(51)30-56(53)29-35-15-11-8-12-16-35)22-37(23-44(41)61-32-40(55-52)28-54-27-34-13-9-7-10-14-34)19-18-36-21-38-25-46-49(3,4)48(58)42(57)26-50(46,5)62-47(38)45(24-36)59-6/h7-19,21-24,28,30,42,46,48,52,54,57-58H,20,25-27,29,31-32,51,53H2,1-6H3/b19-18+,39-30-,40-28-,55-52?/t42-,46-,48-,50-/m1/s1. The van der Waals surface area contributed by atoms with Crippen LogP contribution in [0.5, 0.6) is 23.0 Å². The van der Waals surface area contributed by atoms with Crippen LogP contribution >= 0.6 is 0 Å². The number of rotatable bonds is 18. The topological polar surface area (TPSA) is 181 Å². The molecule has 0 aromatic heterocycles. The minimum atomic E-state index is -0.889. The van der Waals surface area contributed by atoms with Crippen LogP contribution in [0.25, 0.3) is 12.2 Å². The van der Waals surface area contributed by atoms with Gasteiger partial charge in [0.1, 0.15) is 36.0 Å². The lowest BCUT2D eigenvalue weighted by molar-refractivity contribution is -0.187. The Balaban J connectivity index is 1.32. The fourth-order valence-corrected chi connectivity index (χ4v) is 8.49. The molecule has 0 radical (unpaired) electrons. The lowest BCUT2D eigenvalue weighted by atomic mass is 9.57. The van der Waals surface area contributed by atoms with Crippen molar-refractivity contribution in [2.75, 3.05) is 20.3 Å². The van der Waals surface area contributed by atoms with Crippen molar-refractivity contribution < 1.29 is 29.2 Å². The van der Waals surface area contributed by atoms with Crippen molar-refractivity contribution in [3.05, 3.63) is 154 Å². The predicted octanol–water partition coefficient (Wildman–Crippen LogP) is 8.43. The largest absolute Gasteiger partial charge is 0.493 e. The lowest BCUT2D eigenvalue weighted by Gasteiger charge is -2.56. The number of aliphatic hydroxyl groups is 2. The smallest absolute Gasteiger partial charge is 0.165 e. The van der Waals surface area contributed by atoms with Gasteiger partial charge >= 0.3 is 0 Å². The molecule has 12 nitrogen and oxygen atoms in total. The molecule has 4 aromatic rings. The van der Waals surface area contributed by atoms with E-state index in [0.29, 0.717) is 66.7 Å². The number of nitrogens with two attached hydrogens (primary N) is 2. The number of nitrogens with zero attached hydrogens (tertiary/aromatic N) is 2. The molecular weight excluding hydrogens is 781 g/mol. The number of benzene rings is 4. The minimum Gasteiger partial charge on any atom is -0.493 e. The summed E-state index contributed by atoms with van der Waals surface area (Å²) in [5, 5.41) is 30.3. The van der Waals surface area contributed by atoms with Gasteiger partial charge in [-0.05, 0) is 85.7 Å². The second-order valence-electron chi connectivity index (χ2n) is 17.3. The first-order valence-electron chi connectivity index (χ1n) is 21.0. The number of ether oxygens (including phenoxy) is 4. The summed E-state index contributed by atoms with van der Waals surface area (Å²) in [7, 11) is 1.62. The van der Waals surface area contributed by atoms with Crippen molar-refractivity contribution in [3.63, 3.8) is 0 Å². The van der Waals surface area contributed by atoms with Crippen molar-refractivity contribution in [2.24, 2.45) is 28.0 Å². The van der Waals surface area contributed by atoms with E-state index < -0.39 is 23.2 Å². The van der Waals surface area contributed by atoms with Crippen LogP contribution in [0.1, 0.15) is 74.4 Å². The monoisotopic (exact) mass is 842 g/mol. The summed E-state index contributed by atoms with van der Waals surface area (Å²) in [5.41, 5.74) is 20.7. The van der Waals surface area contributed by atoms with Gasteiger partial charge < -0.3 is 45.2 Å². The highest BCUT2D eigenvalue weighted by Gasteiger charge is 2.58. The second-order valence-corrected chi connectivity index (χ2v) is 17.3. The first-order chi connectivity index (χ1) is 29.7. The van der Waals surface area contributed by atoms with Gasteiger partial charge in [0.05, 0.1) is 31.6 Å². The summed E-state index contributed by atoms with van der Waals surface area (Å²) in [6.07, 6.45) is 9.19. The van der Waals surface area contributed by atoms with Crippen LogP contribution in [-0.4, -0.2) is 53.4 Å². The number of nitrogens with one attached hydrogen (secondary N) is 2. The molecule has 6 rings (SSSR count). The first kappa shape index (κ1) is 45.4. The van der Waals surface area contributed by atoms with E-state index in [2.05, 4.69) is 22.6 Å². The van der Waals surface area contributed by atoms with E-state index >= 15 is 0 Å². The van der Waals surface area contributed by atoms with Gasteiger partial charge in [0, 0.05) is 42.3 Å². The molecule has 2 aliphatic rings. The van der Waals surface area contributed by atoms with Gasteiger partial charge in [-0.1, -0.05) is 98.3 Å². The van der Waals surface area contributed by atoms with E-state index in [1.165, 1.54) is 5.01 Å². The zero-order chi connectivity index (χ0) is 44.4. The Kier molecular flexibility index (Phi) is 14.8. The highest BCUT2D eigenvalue weighted by molar-refractivity contribution is 5.74. The fourth-order valence-electron chi connectivity index (χ4n) is 8.49. The number of aliphatic hydroxyl groups excluding tert-OH is 2. The van der Waals surface area contributed by atoms with Gasteiger partial charge in [0.15, 0.2) is 11.5 Å². The lowest BCUT2D eigenvalue weighted by Crippen LogP contribution is -2.63. The van der Waals surface area contributed by atoms with Gasteiger partial charge in [0.2, 0.25) is 0 Å². The van der Waals surface area contributed by atoms with Crippen molar-refractivity contribution in [1.82, 2.24) is 10.3 Å². The molecule has 0 bridgehead atoms. The van der Waals surface area contributed by atoms with Crippen molar-refractivity contribution in [1.29, 1.82) is 5.53 Å². The second kappa shape index (κ2) is 20.2. The molecule has 4 aromatic carbocycles. The maximum Gasteiger partial charge on any atom is 0.165 e. The van der Waals surface area contributed by atoms with E-state index in [9.17, 15) is 10.2 Å². The van der Waals surface area contributed by atoms with Crippen LogP contribution in [-0.2, 0) is 25.9 Å². The Labute approximate surface area is 366 Å². The molecule has 1 heterocycles. The number of hydrogen-bond acceptors (Lipinski definition) is 12. The van der Waals surface area contributed by atoms with Crippen molar-refractivity contribution in [2.45, 2.75) is 84.8 Å². The highest BCUT2D eigenvalue weighted by atomic mass is 16.5. The Morgan fingerprint density at radius 3 is 2.16 bits per heavy atom. The molecule has 0 spiro atoms. The SMILES string of the molecule is COc1cc(/C=C/c2cc(OC/C(N)=C/N(N)Cc3ccccc3)c(CC=C(C)C)c(OC/C(=C/NCc3ccccc3)N=N)c2)cc2c1O[C@]1(C)C[C@@H](O)[C@@H](O)C(C)(C)[C@H]1C2. The molecule has 4 atom stereocenters. The maximum absolute atomic E-state index is 11.0. The highest BCUT2D eigenvalue weighted by Crippen LogP contribution is 2.55. The number of allylic oxidation sites excluding steroid dienone is 2.